The first-order valence-electron chi connectivity index (χ1n) is 4.45. The van der Waals surface area contributed by atoms with E-state index in [1.807, 2.05) is 13.1 Å². The molecule has 1 aromatic heterocycles. The molecule has 0 saturated heterocycles. The molecule has 14 heavy (non-hydrogen) atoms. The third-order valence-corrected chi connectivity index (χ3v) is 3.31. The lowest BCUT2D eigenvalue weighted by molar-refractivity contribution is 1.25. The molecule has 2 aromatic rings. The molecule has 0 unspecified atom stereocenters. The topological polar surface area (TPSA) is 28.7 Å². The second-order valence-electron chi connectivity index (χ2n) is 3.38. The van der Waals surface area contributed by atoms with Crippen LogP contribution in [0.4, 0.5) is 0 Å². The Balaban J connectivity index is 2.47. The fourth-order valence-corrected chi connectivity index (χ4v) is 1.81. The maximum absolute atomic E-state index is 4.30. The van der Waals surface area contributed by atoms with E-state index in [1.165, 1.54) is 9.13 Å². The van der Waals surface area contributed by atoms with Gasteiger partial charge in [-0.2, -0.15) is 0 Å². The summed E-state index contributed by atoms with van der Waals surface area (Å²) < 4.78 is 1.27. The van der Waals surface area contributed by atoms with Gasteiger partial charge in [0.15, 0.2) is 0 Å². The van der Waals surface area contributed by atoms with Crippen LogP contribution in [0, 0.1) is 17.4 Å². The Morgan fingerprint density at radius 3 is 2.64 bits per heavy atom. The van der Waals surface area contributed by atoms with Gasteiger partial charge in [-0.25, -0.2) is 4.98 Å². The van der Waals surface area contributed by atoms with Gasteiger partial charge in [0.05, 0.1) is 0 Å². The number of aryl methyl sites for hydroxylation is 2. The first kappa shape index (κ1) is 9.71. The molecular formula is C11H11IN2. The number of aromatic amines is 1. The van der Waals surface area contributed by atoms with Crippen LogP contribution in [-0.4, -0.2) is 9.97 Å². The third kappa shape index (κ3) is 1.82. The molecule has 2 nitrogen and oxygen atoms in total. The summed E-state index contributed by atoms with van der Waals surface area (Å²) in [6.45, 7) is 4.12. The van der Waals surface area contributed by atoms with Crippen molar-refractivity contribution in [1.82, 2.24) is 9.97 Å². The molecule has 1 heterocycles. The van der Waals surface area contributed by atoms with Crippen molar-refractivity contribution in [3.8, 4) is 11.4 Å². The summed E-state index contributed by atoms with van der Waals surface area (Å²) >= 11 is 2.34. The van der Waals surface area contributed by atoms with Gasteiger partial charge < -0.3 is 4.98 Å². The van der Waals surface area contributed by atoms with Gasteiger partial charge in [-0.05, 0) is 48.1 Å². The third-order valence-electron chi connectivity index (χ3n) is 2.15. The Morgan fingerprint density at radius 1 is 1.29 bits per heavy atom. The molecule has 2 rings (SSSR count). The summed E-state index contributed by atoms with van der Waals surface area (Å²) in [5, 5.41) is 0. The first-order valence-corrected chi connectivity index (χ1v) is 5.53. The van der Waals surface area contributed by atoms with E-state index in [2.05, 4.69) is 57.7 Å². The van der Waals surface area contributed by atoms with Crippen LogP contribution in [0.5, 0.6) is 0 Å². The van der Waals surface area contributed by atoms with Gasteiger partial charge in [-0.3, -0.25) is 0 Å². The molecule has 0 radical (unpaired) electrons. The largest absolute Gasteiger partial charge is 0.342 e. The van der Waals surface area contributed by atoms with Crippen molar-refractivity contribution in [3.05, 3.63) is 39.2 Å². The van der Waals surface area contributed by atoms with Crippen molar-refractivity contribution in [3.63, 3.8) is 0 Å². The highest BCUT2D eigenvalue weighted by Crippen LogP contribution is 2.20. The highest BCUT2D eigenvalue weighted by atomic mass is 127. The molecule has 0 bridgehead atoms. The summed E-state index contributed by atoms with van der Waals surface area (Å²) in [4.78, 5) is 7.52. The lowest BCUT2D eigenvalue weighted by atomic mass is 10.1. The molecule has 1 aromatic carbocycles. The number of hydrogen-bond donors (Lipinski definition) is 1. The standard InChI is InChI=1S/C11H11IN2/c1-7-3-4-9(5-10(7)12)11-13-6-8(2)14-11/h3-6H,1-2H3,(H,13,14). The normalized spacial score (nSPS) is 10.5. The van der Waals surface area contributed by atoms with Gasteiger partial charge in [-0.1, -0.05) is 12.1 Å². The summed E-state index contributed by atoms with van der Waals surface area (Å²) in [5.41, 5.74) is 3.54. The number of nitrogens with zero attached hydrogens (tertiary/aromatic N) is 1. The number of halogens is 1. The molecule has 0 fully saturated rings. The van der Waals surface area contributed by atoms with Gasteiger partial charge >= 0.3 is 0 Å². The van der Waals surface area contributed by atoms with E-state index >= 15 is 0 Å². The smallest absolute Gasteiger partial charge is 0.137 e. The average molecular weight is 298 g/mol. The van der Waals surface area contributed by atoms with Gasteiger partial charge in [0, 0.05) is 21.0 Å². The Kier molecular flexibility index (Phi) is 2.58. The van der Waals surface area contributed by atoms with E-state index in [1.54, 1.807) is 0 Å². The minimum Gasteiger partial charge on any atom is -0.342 e. The Hall–Kier alpha value is -0.840. The van der Waals surface area contributed by atoms with Gasteiger partial charge in [0.2, 0.25) is 0 Å². The molecule has 0 aliphatic heterocycles. The van der Waals surface area contributed by atoms with E-state index in [-0.39, 0.29) is 0 Å². The number of H-pyrrole nitrogens is 1. The molecule has 72 valence electrons. The van der Waals surface area contributed by atoms with Crippen molar-refractivity contribution in [1.29, 1.82) is 0 Å². The molecule has 1 N–H and O–H groups in total. The molecule has 0 amide bonds. The SMILES string of the molecule is Cc1cnc(-c2ccc(C)c(I)c2)[nH]1. The molecule has 0 aliphatic carbocycles. The molecule has 0 spiro atoms. The fraction of sp³-hybridized carbons (Fsp3) is 0.182. The number of benzene rings is 1. The number of aromatic nitrogens is 2. The second kappa shape index (κ2) is 3.73. The lowest BCUT2D eigenvalue weighted by Gasteiger charge is -2.00. The van der Waals surface area contributed by atoms with E-state index in [4.69, 9.17) is 0 Å². The van der Waals surface area contributed by atoms with Crippen molar-refractivity contribution in [2.45, 2.75) is 13.8 Å². The van der Waals surface area contributed by atoms with E-state index in [9.17, 15) is 0 Å². The average Bonchev–Trinajstić information content (AvgIpc) is 2.57. The van der Waals surface area contributed by atoms with Crippen LogP contribution in [0.3, 0.4) is 0 Å². The summed E-state index contributed by atoms with van der Waals surface area (Å²) in [7, 11) is 0. The number of imidazole rings is 1. The Bertz CT molecular complexity index is 460. The molecule has 0 aliphatic rings. The summed E-state index contributed by atoms with van der Waals surface area (Å²) in [6, 6.07) is 6.36. The minimum atomic E-state index is 0.945. The quantitative estimate of drug-likeness (QED) is 0.804. The van der Waals surface area contributed by atoms with Crippen molar-refractivity contribution in [2.24, 2.45) is 0 Å². The zero-order valence-electron chi connectivity index (χ0n) is 8.13. The number of hydrogen-bond acceptors (Lipinski definition) is 1. The van der Waals surface area contributed by atoms with E-state index in [0.29, 0.717) is 0 Å². The Labute approximate surface area is 96.9 Å². The van der Waals surface area contributed by atoms with Gasteiger partial charge in [0.25, 0.3) is 0 Å². The molecular weight excluding hydrogens is 287 g/mol. The van der Waals surface area contributed by atoms with Crippen LogP contribution in [0.15, 0.2) is 24.4 Å². The van der Waals surface area contributed by atoms with E-state index in [0.717, 1.165) is 17.1 Å². The predicted octanol–water partition coefficient (Wildman–Crippen LogP) is 3.30. The fourth-order valence-electron chi connectivity index (χ4n) is 1.30. The van der Waals surface area contributed by atoms with Crippen LogP contribution < -0.4 is 0 Å². The highest BCUT2D eigenvalue weighted by molar-refractivity contribution is 14.1. The highest BCUT2D eigenvalue weighted by Gasteiger charge is 2.02. The second-order valence-corrected chi connectivity index (χ2v) is 4.54. The van der Waals surface area contributed by atoms with Crippen LogP contribution in [0.2, 0.25) is 0 Å². The monoisotopic (exact) mass is 298 g/mol. The van der Waals surface area contributed by atoms with Crippen LogP contribution in [0.1, 0.15) is 11.3 Å². The Morgan fingerprint density at radius 2 is 2.07 bits per heavy atom. The predicted molar refractivity (Wildman–Crippen MR) is 66.2 cm³/mol. The molecule has 3 heteroatoms. The van der Waals surface area contributed by atoms with Crippen molar-refractivity contribution in [2.75, 3.05) is 0 Å². The van der Waals surface area contributed by atoms with Crippen LogP contribution in [0.25, 0.3) is 11.4 Å². The lowest BCUT2D eigenvalue weighted by Crippen LogP contribution is -1.84. The van der Waals surface area contributed by atoms with Crippen molar-refractivity contribution >= 4 is 22.6 Å². The van der Waals surface area contributed by atoms with E-state index < -0.39 is 0 Å². The zero-order chi connectivity index (χ0) is 10.1. The molecule has 0 saturated carbocycles. The number of nitrogens with one attached hydrogen (secondary N) is 1. The van der Waals surface area contributed by atoms with Crippen LogP contribution in [-0.2, 0) is 0 Å². The maximum atomic E-state index is 4.30. The zero-order valence-corrected chi connectivity index (χ0v) is 10.3. The first-order chi connectivity index (χ1) is 6.66. The molecule has 0 atom stereocenters. The summed E-state index contributed by atoms with van der Waals surface area (Å²) in [6.07, 6.45) is 1.85. The maximum Gasteiger partial charge on any atom is 0.137 e. The minimum absolute atomic E-state index is 0.945. The summed E-state index contributed by atoms with van der Waals surface area (Å²) in [5.74, 6) is 0.945. The van der Waals surface area contributed by atoms with Gasteiger partial charge in [-0.15, -0.1) is 0 Å². The number of rotatable bonds is 1. The van der Waals surface area contributed by atoms with Gasteiger partial charge in [0.1, 0.15) is 5.82 Å². The van der Waals surface area contributed by atoms with Crippen molar-refractivity contribution < 1.29 is 0 Å². The van der Waals surface area contributed by atoms with Crippen LogP contribution >= 0.6 is 22.6 Å².